The third-order valence-corrected chi connectivity index (χ3v) is 2.86. The van der Waals surface area contributed by atoms with E-state index in [1.165, 1.54) is 24.3 Å². The molecule has 19 heavy (non-hydrogen) atoms. The normalized spacial score (nSPS) is 12.3. The van der Waals surface area contributed by atoms with Gasteiger partial charge < -0.3 is 5.32 Å². The topological polar surface area (TPSA) is 49.4 Å². The molecule has 0 aromatic heterocycles. The van der Waals surface area contributed by atoms with E-state index < -0.39 is 0 Å². The van der Waals surface area contributed by atoms with Gasteiger partial charge in [-0.25, -0.2) is 4.39 Å². The SMILES string of the molecule is CNC(=O)C(C)CN(C)CC(=O)c1ccc(F)cc1. The second kappa shape index (κ2) is 6.99. The maximum Gasteiger partial charge on any atom is 0.223 e. The van der Waals surface area contributed by atoms with Gasteiger partial charge >= 0.3 is 0 Å². The molecule has 0 spiro atoms. The molecule has 0 bridgehead atoms. The van der Waals surface area contributed by atoms with Crippen molar-refractivity contribution in [2.24, 2.45) is 5.92 Å². The zero-order valence-electron chi connectivity index (χ0n) is 11.4. The van der Waals surface area contributed by atoms with E-state index in [9.17, 15) is 14.0 Å². The molecule has 104 valence electrons. The maximum absolute atomic E-state index is 12.7. The first kappa shape index (κ1) is 15.3. The van der Waals surface area contributed by atoms with Crippen LogP contribution in [0.1, 0.15) is 17.3 Å². The first-order valence-electron chi connectivity index (χ1n) is 6.13. The highest BCUT2D eigenvalue weighted by atomic mass is 19.1. The average molecular weight is 266 g/mol. The molecule has 0 saturated heterocycles. The van der Waals surface area contributed by atoms with Gasteiger partial charge in [0.25, 0.3) is 0 Å². The van der Waals surface area contributed by atoms with E-state index >= 15 is 0 Å². The van der Waals surface area contributed by atoms with Crippen molar-refractivity contribution in [3.63, 3.8) is 0 Å². The molecule has 1 amide bonds. The van der Waals surface area contributed by atoms with Crippen molar-refractivity contribution < 1.29 is 14.0 Å². The van der Waals surface area contributed by atoms with Crippen LogP contribution in [0, 0.1) is 11.7 Å². The predicted octanol–water partition coefficient (Wildman–Crippen LogP) is 1.32. The second-order valence-electron chi connectivity index (χ2n) is 4.64. The zero-order chi connectivity index (χ0) is 14.4. The van der Waals surface area contributed by atoms with E-state index in [1.807, 2.05) is 0 Å². The van der Waals surface area contributed by atoms with Gasteiger partial charge in [0, 0.05) is 25.1 Å². The molecular formula is C14H19FN2O2. The number of hydrogen-bond acceptors (Lipinski definition) is 3. The minimum atomic E-state index is -0.363. The van der Waals surface area contributed by atoms with Crippen LogP contribution in [-0.2, 0) is 4.79 Å². The minimum absolute atomic E-state index is 0.0546. The Bertz CT molecular complexity index is 445. The lowest BCUT2D eigenvalue weighted by Gasteiger charge is -2.19. The monoisotopic (exact) mass is 266 g/mol. The van der Waals surface area contributed by atoms with Crippen molar-refractivity contribution in [3.05, 3.63) is 35.6 Å². The smallest absolute Gasteiger partial charge is 0.223 e. The van der Waals surface area contributed by atoms with Crippen LogP contribution in [0.15, 0.2) is 24.3 Å². The van der Waals surface area contributed by atoms with Gasteiger partial charge in [-0.05, 0) is 31.3 Å². The van der Waals surface area contributed by atoms with Crippen molar-refractivity contribution >= 4 is 11.7 Å². The van der Waals surface area contributed by atoms with Crippen molar-refractivity contribution in [1.82, 2.24) is 10.2 Å². The third-order valence-electron chi connectivity index (χ3n) is 2.86. The second-order valence-corrected chi connectivity index (χ2v) is 4.64. The summed E-state index contributed by atoms with van der Waals surface area (Å²) in [5.74, 6) is -0.693. The van der Waals surface area contributed by atoms with Gasteiger partial charge in [0.2, 0.25) is 5.91 Å². The molecular weight excluding hydrogens is 247 g/mol. The van der Waals surface area contributed by atoms with Gasteiger partial charge in [0.15, 0.2) is 5.78 Å². The quantitative estimate of drug-likeness (QED) is 0.790. The number of benzene rings is 1. The van der Waals surface area contributed by atoms with Gasteiger partial charge in [0.05, 0.1) is 6.54 Å². The summed E-state index contributed by atoms with van der Waals surface area (Å²) in [7, 11) is 3.36. The Morgan fingerprint density at radius 1 is 1.32 bits per heavy atom. The summed E-state index contributed by atoms with van der Waals surface area (Å²) >= 11 is 0. The summed E-state index contributed by atoms with van der Waals surface area (Å²) in [6.45, 7) is 2.50. The van der Waals surface area contributed by atoms with Crippen molar-refractivity contribution in [1.29, 1.82) is 0 Å². The zero-order valence-corrected chi connectivity index (χ0v) is 11.4. The molecule has 0 aliphatic carbocycles. The molecule has 0 aliphatic rings. The maximum atomic E-state index is 12.7. The Morgan fingerprint density at radius 2 is 1.89 bits per heavy atom. The highest BCUT2D eigenvalue weighted by Gasteiger charge is 2.16. The number of Topliss-reactive ketones (excluding diaryl/α,β-unsaturated/α-hetero) is 1. The Hall–Kier alpha value is -1.75. The Labute approximate surface area is 112 Å². The number of ketones is 1. The number of amides is 1. The largest absolute Gasteiger partial charge is 0.359 e. The lowest BCUT2D eigenvalue weighted by atomic mass is 10.1. The first-order chi connectivity index (χ1) is 8.93. The minimum Gasteiger partial charge on any atom is -0.359 e. The van der Waals surface area contributed by atoms with Crippen molar-refractivity contribution in [2.75, 3.05) is 27.2 Å². The lowest BCUT2D eigenvalue weighted by Crippen LogP contribution is -2.36. The van der Waals surface area contributed by atoms with Crippen LogP contribution in [0.3, 0.4) is 0 Å². The Morgan fingerprint density at radius 3 is 2.42 bits per heavy atom. The Balaban J connectivity index is 2.52. The molecule has 5 heteroatoms. The lowest BCUT2D eigenvalue weighted by molar-refractivity contribution is -0.124. The van der Waals surface area contributed by atoms with Gasteiger partial charge in [-0.2, -0.15) is 0 Å². The fourth-order valence-corrected chi connectivity index (χ4v) is 1.83. The van der Waals surface area contributed by atoms with E-state index in [4.69, 9.17) is 0 Å². The number of rotatable bonds is 6. The van der Waals surface area contributed by atoms with Gasteiger partial charge in [-0.15, -0.1) is 0 Å². The summed E-state index contributed by atoms with van der Waals surface area (Å²) in [4.78, 5) is 25.1. The Kier molecular flexibility index (Phi) is 5.63. The standard InChI is InChI=1S/C14H19FN2O2/c1-10(14(19)16-2)8-17(3)9-13(18)11-4-6-12(15)7-5-11/h4-7,10H,8-9H2,1-3H3,(H,16,19). The fourth-order valence-electron chi connectivity index (χ4n) is 1.83. The molecule has 1 N–H and O–H groups in total. The molecule has 1 atom stereocenters. The van der Waals surface area contributed by atoms with Crippen LogP contribution in [0.2, 0.25) is 0 Å². The highest BCUT2D eigenvalue weighted by molar-refractivity contribution is 5.97. The first-order valence-corrected chi connectivity index (χ1v) is 6.13. The number of likely N-dealkylation sites (N-methyl/N-ethyl adjacent to an activating group) is 1. The molecule has 0 heterocycles. The number of nitrogens with zero attached hydrogens (tertiary/aromatic N) is 1. The number of nitrogens with one attached hydrogen (secondary N) is 1. The van der Waals surface area contributed by atoms with Crippen LogP contribution >= 0.6 is 0 Å². The molecule has 0 aliphatic heterocycles. The summed E-state index contributed by atoms with van der Waals surface area (Å²) in [5, 5.41) is 2.57. The van der Waals surface area contributed by atoms with Gasteiger partial charge in [-0.3, -0.25) is 14.5 Å². The third kappa shape index (κ3) is 4.79. The van der Waals surface area contributed by atoms with Crippen LogP contribution < -0.4 is 5.32 Å². The van der Waals surface area contributed by atoms with Gasteiger partial charge in [0.1, 0.15) is 5.82 Å². The van der Waals surface area contributed by atoms with Gasteiger partial charge in [-0.1, -0.05) is 6.92 Å². The molecule has 1 unspecified atom stereocenters. The predicted molar refractivity (Wildman–Crippen MR) is 71.5 cm³/mol. The molecule has 0 radical (unpaired) electrons. The van der Waals surface area contributed by atoms with E-state index in [-0.39, 0.29) is 30.0 Å². The summed E-state index contributed by atoms with van der Waals surface area (Å²) in [5.41, 5.74) is 0.473. The van der Waals surface area contributed by atoms with E-state index in [0.717, 1.165) is 0 Å². The molecule has 1 rings (SSSR count). The number of hydrogen-bond donors (Lipinski definition) is 1. The highest BCUT2D eigenvalue weighted by Crippen LogP contribution is 2.05. The van der Waals surface area contributed by atoms with E-state index in [0.29, 0.717) is 12.1 Å². The summed E-state index contributed by atoms with van der Waals surface area (Å²) in [6, 6.07) is 5.46. The number of carbonyl (C=O) groups excluding carboxylic acids is 2. The molecule has 1 aromatic carbocycles. The van der Waals surface area contributed by atoms with Crippen LogP contribution in [0.25, 0.3) is 0 Å². The van der Waals surface area contributed by atoms with E-state index in [2.05, 4.69) is 5.32 Å². The average Bonchev–Trinajstić information content (AvgIpc) is 2.38. The van der Waals surface area contributed by atoms with Crippen LogP contribution in [-0.4, -0.2) is 43.8 Å². The number of carbonyl (C=O) groups is 2. The molecule has 4 nitrogen and oxygen atoms in total. The molecule has 0 fully saturated rings. The van der Waals surface area contributed by atoms with E-state index in [1.54, 1.807) is 25.9 Å². The molecule has 1 aromatic rings. The summed E-state index contributed by atoms with van der Waals surface area (Å²) in [6.07, 6.45) is 0. The number of halogens is 1. The van der Waals surface area contributed by atoms with Crippen molar-refractivity contribution in [3.8, 4) is 0 Å². The molecule has 0 saturated carbocycles. The van der Waals surface area contributed by atoms with Crippen LogP contribution in [0.4, 0.5) is 4.39 Å². The van der Waals surface area contributed by atoms with Crippen LogP contribution in [0.5, 0.6) is 0 Å². The van der Waals surface area contributed by atoms with Crippen molar-refractivity contribution in [2.45, 2.75) is 6.92 Å². The fraction of sp³-hybridized carbons (Fsp3) is 0.429. The summed E-state index contributed by atoms with van der Waals surface area (Å²) < 4.78 is 12.7.